The van der Waals surface area contributed by atoms with Gasteiger partial charge in [-0.3, -0.25) is 0 Å². The van der Waals surface area contributed by atoms with Gasteiger partial charge in [0.25, 0.3) is 0 Å². The Hall–Kier alpha value is -0.540. The van der Waals surface area contributed by atoms with Gasteiger partial charge in [-0.1, -0.05) is 25.4 Å². The summed E-state index contributed by atoms with van der Waals surface area (Å²) in [5.41, 5.74) is 1.03. The number of rotatable bonds is 4. The largest absolute Gasteiger partial charge is 0.344 e. The summed E-state index contributed by atoms with van der Waals surface area (Å²) in [6.45, 7) is 5.11. The van der Waals surface area contributed by atoms with Gasteiger partial charge in [0.1, 0.15) is 5.82 Å². The molecular formula is C9H16ClN3. The lowest BCUT2D eigenvalue weighted by atomic mass is 10.2. The first-order valence-electron chi connectivity index (χ1n) is 4.54. The van der Waals surface area contributed by atoms with Crippen LogP contribution in [0, 0.1) is 0 Å². The molecule has 0 unspecified atom stereocenters. The molecule has 1 aromatic heterocycles. The van der Waals surface area contributed by atoms with Crippen LogP contribution in [0.4, 0.5) is 0 Å². The van der Waals surface area contributed by atoms with Gasteiger partial charge in [-0.25, -0.2) is 4.98 Å². The monoisotopic (exact) mass is 201 g/mol. The van der Waals surface area contributed by atoms with Crippen molar-refractivity contribution in [2.24, 2.45) is 0 Å². The van der Waals surface area contributed by atoms with E-state index in [1.54, 1.807) is 0 Å². The number of likely N-dealkylation sites (N-methyl/N-ethyl adjacent to an activating group) is 1. The number of hydrogen-bond acceptors (Lipinski definition) is 2. The lowest BCUT2D eigenvalue weighted by molar-refractivity contribution is 0.755. The van der Waals surface area contributed by atoms with E-state index in [1.807, 2.05) is 7.05 Å². The minimum atomic E-state index is 0.406. The molecule has 0 aliphatic heterocycles. The average molecular weight is 202 g/mol. The van der Waals surface area contributed by atoms with Gasteiger partial charge >= 0.3 is 0 Å². The SMILES string of the molecule is CNCCc1nc(Cl)c(C(C)C)[nH]1. The molecule has 3 nitrogen and oxygen atoms in total. The van der Waals surface area contributed by atoms with Gasteiger partial charge in [0.15, 0.2) is 5.15 Å². The average Bonchev–Trinajstić information content (AvgIpc) is 2.43. The van der Waals surface area contributed by atoms with Crippen molar-refractivity contribution >= 4 is 11.6 Å². The Bertz CT molecular complexity index is 268. The predicted molar refractivity (Wildman–Crippen MR) is 55.3 cm³/mol. The van der Waals surface area contributed by atoms with Gasteiger partial charge in [-0.05, 0) is 13.0 Å². The van der Waals surface area contributed by atoms with Crippen LogP contribution in [0.2, 0.25) is 5.15 Å². The van der Waals surface area contributed by atoms with Gasteiger partial charge < -0.3 is 10.3 Å². The van der Waals surface area contributed by atoms with Crippen LogP contribution in [-0.4, -0.2) is 23.6 Å². The van der Waals surface area contributed by atoms with E-state index in [4.69, 9.17) is 11.6 Å². The number of H-pyrrole nitrogens is 1. The second-order valence-electron chi connectivity index (χ2n) is 3.40. The molecule has 0 spiro atoms. The third-order valence-corrected chi connectivity index (χ3v) is 2.21. The molecule has 4 heteroatoms. The first-order valence-corrected chi connectivity index (χ1v) is 4.91. The van der Waals surface area contributed by atoms with E-state index in [0.717, 1.165) is 24.5 Å². The molecule has 0 saturated carbocycles. The highest BCUT2D eigenvalue weighted by Gasteiger charge is 2.10. The molecule has 1 aromatic rings. The van der Waals surface area contributed by atoms with Crippen molar-refractivity contribution < 1.29 is 0 Å². The van der Waals surface area contributed by atoms with Crippen LogP contribution in [0.3, 0.4) is 0 Å². The summed E-state index contributed by atoms with van der Waals surface area (Å²) >= 11 is 5.96. The van der Waals surface area contributed by atoms with E-state index in [1.165, 1.54) is 0 Å². The third kappa shape index (κ3) is 2.71. The summed E-state index contributed by atoms with van der Waals surface area (Å²) in [7, 11) is 1.92. The molecule has 0 fully saturated rings. The maximum absolute atomic E-state index is 5.96. The van der Waals surface area contributed by atoms with E-state index in [9.17, 15) is 0 Å². The van der Waals surface area contributed by atoms with E-state index in [0.29, 0.717) is 11.1 Å². The molecule has 1 rings (SSSR count). The Morgan fingerprint density at radius 1 is 1.54 bits per heavy atom. The minimum absolute atomic E-state index is 0.406. The summed E-state index contributed by atoms with van der Waals surface area (Å²) in [5, 5.41) is 3.68. The molecule has 2 N–H and O–H groups in total. The summed E-state index contributed by atoms with van der Waals surface area (Å²) < 4.78 is 0. The lowest BCUT2D eigenvalue weighted by Gasteiger charge is -1.99. The predicted octanol–water partition coefficient (Wildman–Crippen LogP) is 1.95. The molecule has 0 radical (unpaired) electrons. The molecular weight excluding hydrogens is 186 g/mol. The fraction of sp³-hybridized carbons (Fsp3) is 0.667. The number of aromatic nitrogens is 2. The Kier molecular flexibility index (Phi) is 3.75. The molecule has 0 aliphatic carbocycles. The van der Waals surface area contributed by atoms with Crippen molar-refractivity contribution in [3.05, 3.63) is 16.7 Å². The van der Waals surface area contributed by atoms with Crippen LogP contribution < -0.4 is 5.32 Å². The Labute approximate surface area is 83.9 Å². The molecule has 0 aliphatic rings. The van der Waals surface area contributed by atoms with Crippen LogP contribution in [0.25, 0.3) is 0 Å². The van der Waals surface area contributed by atoms with Crippen molar-refractivity contribution in [1.29, 1.82) is 0 Å². The van der Waals surface area contributed by atoms with Crippen LogP contribution >= 0.6 is 11.6 Å². The van der Waals surface area contributed by atoms with Gasteiger partial charge in [0, 0.05) is 13.0 Å². The van der Waals surface area contributed by atoms with E-state index in [-0.39, 0.29) is 0 Å². The lowest BCUT2D eigenvalue weighted by Crippen LogP contribution is -2.11. The van der Waals surface area contributed by atoms with Crippen LogP contribution in [0.15, 0.2) is 0 Å². The van der Waals surface area contributed by atoms with Gasteiger partial charge in [0.05, 0.1) is 5.69 Å². The first-order chi connectivity index (χ1) is 6.15. The van der Waals surface area contributed by atoms with Crippen LogP contribution in [0.1, 0.15) is 31.3 Å². The topological polar surface area (TPSA) is 40.7 Å². The Morgan fingerprint density at radius 3 is 2.69 bits per heavy atom. The molecule has 1 heterocycles. The summed E-state index contributed by atoms with van der Waals surface area (Å²) in [6, 6.07) is 0. The molecule has 0 bridgehead atoms. The molecule has 13 heavy (non-hydrogen) atoms. The first kappa shape index (κ1) is 10.5. The maximum atomic E-state index is 5.96. The number of nitrogens with one attached hydrogen (secondary N) is 2. The van der Waals surface area contributed by atoms with Crippen molar-refractivity contribution in [1.82, 2.24) is 15.3 Å². The number of halogens is 1. The fourth-order valence-corrected chi connectivity index (χ4v) is 1.53. The summed E-state index contributed by atoms with van der Waals surface area (Å²) in [4.78, 5) is 7.47. The molecule has 0 atom stereocenters. The molecule has 0 amide bonds. The van der Waals surface area contributed by atoms with E-state index >= 15 is 0 Å². The Morgan fingerprint density at radius 2 is 2.23 bits per heavy atom. The van der Waals surface area contributed by atoms with Gasteiger partial charge in [-0.15, -0.1) is 0 Å². The number of imidazole rings is 1. The van der Waals surface area contributed by atoms with Crippen molar-refractivity contribution in [3.8, 4) is 0 Å². The number of hydrogen-bond donors (Lipinski definition) is 2. The summed E-state index contributed by atoms with van der Waals surface area (Å²) in [5.74, 6) is 1.37. The highest BCUT2D eigenvalue weighted by atomic mass is 35.5. The van der Waals surface area contributed by atoms with Crippen molar-refractivity contribution in [2.75, 3.05) is 13.6 Å². The molecule has 0 aromatic carbocycles. The second kappa shape index (κ2) is 4.63. The summed E-state index contributed by atoms with van der Waals surface area (Å²) in [6.07, 6.45) is 0.892. The highest BCUT2D eigenvalue weighted by Crippen LogP contribution is 2.21. The maximum Gasteiger partial charge on any atom is 0.150 e. The van der Waals surface area contributed by atoms with Crippen LogP contribution in [0.5, 0.6) is 0 Å². The number of nitrogens with zero attached hydrogens (tertiary/aromatic N) is 1. The molecule has 0 saturated heterocycles. The zero-order valence-electron chi connectivity index (χ0n) is 8.32. The van der Waals surface area contributed by atoms with Crippen molar-refractivity contribution in [3.63, 3.8) is 0 Å². The molecule has 74 valence electrons. The highest BCUT2D eigenvalue weighted by molar-refractivity contribution is 6.30. The van der Waals surface area contributed by atoms with Crippen LogP contribution in [-0.2, 0) is 6.42 Å². The quantitative estimate of drug-likeness (QED) is 0.782. The van der Waals surface area contributed by atoms with Crippen molar-refractivity contribution in [2.45, 2.75) is 26.2 Å². The van der Waals surface area contributed by atoms with Gasteiger partial charge in [0.2, 0.25) is 0 Å². The third-order valence-electron chi connectivity index (χ3n) is 1.92. The number of aromatic amines is 1. The fourth-order valence-electron chi connectivity index (χ4n) is 1.16. The zero-order valence-corrected chi connectivity index (χ0v) is 9.07. The zero-order chi connectivity index (χ0) is 9.84. The second-order valence-corrected chi connectivity index (χ2v) is 3.75. The Balaban J connectivity index is 2.71. The van der Waals surface area contributed by atoms with Gasteiger partial charge in [-0.2, -0.15) is 0 Å². The van der Waals surface area contributed by atoms with E-state index in [2.05, 4.69) is 29.1 Å². The smallest absolute Gasteiger partial charge is 0.150 e. The normalized spacial score (nSPS) is 11.2. The van der Waals surface area contributed by atoms with E-state index < -0.39 is 0 Å². The standard InChI is InChI=1S/C9H16ClN3/c1-6(2)8-9(10)13-7(12-8)4-5-11-3/h6,11H,4-5H2,1-3H3,(H,12,13). The minimum Gasteiger partial charge on any atom is -0.344 e.